The van der Waals surface area contributed by atoms with Crippen molar-refractivity contribution < 1.29 is 10.0 Å². The molecule has 7 heteroatoms. The first-order valence-electron chi connectivity index (χ1n) is 7.19. The third-order valence-corrected chi connectivity index (χ3v) is 4.31. The molecule has 0 aliphatic carbocycles. The van der Waals surface area contributed by atoms with Crippen LogP contribution in [0.2, 0.25) is 0 Å². The lowest BCUT2D eigenvalue weighted by molar-refractivity contribution is -0.385. The Hall–Kier alpha value is -3.50. The minimum atomic E-state index is -0.671. The molecule has 0 aliphatic heterocycles. The zero-order valence-corrected chi connectivity index (χ0v) is 13.6. The number of benzene rings is 2. The van der Waals surface area contributed by atoms with Crippen molar-refractivity contribution in [3.05, 3.63) is 74.6 Å². The van der Waals surface area contributed by atoms with E-state index in [1.807, 2.05) is 35.7 Å². The molecule has 0 bridgehead atoms. The third-order valence-electron chi connectivity index (χ3n) is 3.43. The Kier molecular flexibility index (Phi) is 4.55. The summed E-state index contributed by atoms with van der Waals surface area (Å²) in [4.78, 5) is 14.7. The topological polar surface area (TPSA) is 100 Å². The Morgan fingerprint density at radius 2 is 2.04 bits per heavy atom. The number of thiazole rings is 1. The molecule has 0 unspecified atom stereocenters. The van der Waals surface area contributed by atoms with E-state index in [0.29, 0.717) is 16.1 Å². The summed E-state index contributed by atoms with van der Waals surface area (Å²) in [5, 5.41) is 32.2. The molecule has 0 amide bonds. The summed E-state index contributed by atoms with van der Waals surface area (Å²) in [6, 6.07) is 15.6. The largest absolute Gasteiger partial charge is 0.502 e. The molecule has 122 valence electrons. The van der Waals surface area contributed by atoms with Crippen molar-refractivity contribution >= 4 is 28.7 Å². The standard InChI is InChI=1S/C18H11N3O3S/c19-10-14(8-12-6-7-17(22)16(9-12)21(23)24)18-20-15(11-25-18)13-4-2-1-3-5-13/h1-9,11,22H/b14-8-. The number of nitriles is 1. The van der Waals surface area contributed by atoms with Gasteiger partial charge in [-0.1, -0.05) is 36.4 Å². The second-order valence-corrected chi connectivity index (χ2v) is 5.94. The van der Waals surface area contributed by atoms with Crippen LogP contribution in [0.3, 0.4) is 0 Å². The minimum Gasteiger partial charge on any atom is -0.502 e. The van der Waals surface area contributed by atoms with Gasteiger partial charge >= 0.3 is 5.69 Å². The first kappa shape index (κ1) is 16.4. The predicted octanol–water partition coefficient (Wildman–Crippen LogP) is 4.49. The van der Waals surface area contributed by atoms with Crippen molar-refractivity contribution in [1.82, 2.24) is 4.98 Å². The van der Waals surface area contributed by atoms with Crippen molar-refractivity contribution in [3.8, 4) is 23.1 Å². The maximum absolute atomic E-state index is 10.9. The Morgan fingerprint density at radius 3 is 2.72 bits per heavy atom. The second kappa shape index (κ2) is 6.95. The molecule has 1 heterocycles. The number of nitrogens with zero attached hydrogens (tertiary/aromatic N) is 3. The van der Waals surface area contributed by atoms with E-state index in [1.165, 1.54) is 35.6 Å². The number of phenols is 1. The number of nitro groups is 1. The number of allylic oxidation sites excluding steroid dienone is 1. The molecule has 0 saturated carbocycles. The van der Waals surface area contributed by atoms with Crippen LogP contribution in [0.5, 0.6) is 5.75 Å². The van der Waals surface area contributed by atoms with Crippen molar-refractivity contribution in [2.45, 2.75) is 0 Å². The molecular formula is C18H11N3O3S. The van der Waals surface area contributed by atoms with Crippen LogP contribution in [0.4, 0.5) is 5.69 Å². The maximum Gasteiger partial charge on any atom is 0.311 e. The molecule has 1 aromatic heterocycles. The first-order valence-corrected chi connectivity index (χ1v) is 8.07. The molecule has 0 saturated heterocycles. The van der Waals surface area contributed by atoms with Crippen molar-refractivity contribution in [2.75, 3.05) is 0 Å². The summed E-state index contributed by atoms with van der Waals surface area (Å²) in [5.74, 6) is -0.415. The average Bonchev–Trinajstić information content (AvgIpc) is 3.11. The SMILES string of the molecule is N#C/C(=C/c1ccc(O)c([N+](=O)[O-])c1)c1nc(-c2ccccc2)cs1. The van der Waals surface area contributed by atoms with Gasteiger partial charge < -0.3 is 5.11 Å². The van der Waals surface area contributed by atoms with E-state index in [2.05, 4.69) is 11.1 Å². The summed E-state index contributed by atoms with van der Waals surface area (Å²) >= 11 is 1.32. The van der Waals surface area contributed by atoms with Gasteiger partial charge in [-0.15, -0.1) is 11.3 Å². The summed E-state index contributed by atoms with van der Waals surface area (Å²) in [6.07, 6.45) is 1.51. The lowest BCUT2D eigenvalue weighted by Gasteiger charge is -1.99. The van der Waals surface area contributed by atoms with Crippen LogP contribution in [0, 0.1) is 21.4 Å². The van der Waals surface area contributed by atoms with Crippen LogP contribution in [-0.4, -0.2) is 15.0 Å². The monoisotopic (exact) mass is 349 g/mol. The van der Waals surface area contributed by atoms with Gasteiger partial charge in [0.15, 0.2) is 5.75 Å². The van der Waals surface area contributed by atoms with Gasteiger partial charge in [-0.2, -0.15) is 5.26 Å². The van der Waals surface area contributed by atoms with Crippen LogP contribution < -0.4 is 0 Å². The smallest absolute Gasteiger partial charge is 0.311 e. The molecule has 0 fully saturated rings. The first-order chi connectivity index (χ1) is 12.1. The van der Waals surface area contributed by atoms with Gasteiger partial charge in [-0.3, -0.25) is 10.1 Å². The molecule has 2 aromatic carbocycles. The Bertz CT molecular complexity index is 1000. The van der Waals surface area contributed by atoms with Crippen molar-refractivity contribution in [1.29, 1.82) is 5.26 Å². The van der Waals surface area contributed by atoms with Crippen LogP contribution in [0.25, 0.3) is 22.9 Å². The zero-order valence-electron chi connectivity index (χ0n) is 12.8. The second-order valence-electron chi connectivity index (χ2n) is 5.08. The predicted molar refractivity (Wildman–Crippen MR) is 95.8 cm³/mol. The lowest BCUT2D eigenvalue weighted by Crippen LogP contribution is -1.89. The number of rotatable bonds is 4. The van der Waals surface area contributed by atoms with Gasteiger partial charge in [0.25, 0.3) is 0 Å². The zero-order chi connectivity index (χ0) is 17.8. The molecule has 25 heavy (non-hydrogen) atoms. The fourth-order valence-corrected chi connectivity index (χ4v) is 3.02. The van der Waals surface area contributed by atoms with E-state index < -0.39 is 16.4 Å². The van der Waals surface area contributed by atoms with E-state index in [4.69, 9.17) is 0 Å². The van der Waals surface area contributed by atoms with Crippen molar-refractivity contribution in [3.63, 3.8) is 0 Å². The normalized spacial score (nSPS) is 11.1. The number of nitro benzene ring substituents is 1. The van der Waals surface area contributed by atoms with Gasteiger partial charge in [-0.25, -0.2) is 4.98 Å². The van der Waals surface area contributed by atoms with Crippen molar-refractivity contribution in [2.24, 2.45) is 0 Å². The third kappa shape index (κ3) is 3.54. The van der Waals surface area contributed by atoms with Gasteiger partial charge in [0.1, 0.15) is 11.1 Å². The lowest BCUT2D eigenvalue weighted by atomic mass is 10.1. The van der Waals surface area contributed by atoms with Gasteiger partial charge in [0, 0.05) is 17.0 Å². The number of aromatic hydroxyl groups is 1. The number of phenolic OH excluding ortho intramolecular Hbond substituents is 1. The van der Waals surface area contributed by atoms with Crippen LogP contribution in [0.1, 0.15) is 10.6 Å². The number of aromatic nitrogens is 1. The highest BCUT2D eigenvalue weighted by atomic mass is 32.1. The number of hydrogen-bond acceptors (Lipinski definition) is 6. The molecule has 3 rings (SSSR count). The van der Waals surface area contributed by atoms with E-state index >= 15 is 0 Å². The maximum atomic E-state index is 10.9. The van der Waals surface area contributed by atoms with E-state index in [-0.39, 0.29) is 0 Å². The molecule has 1 N–H and O–H groups in total. The van der Waals surface area contributed by atoms with E-state index in [1.54, 1.807) is 0 Å². The molecule has 0 spiro atoms. The Balaban J connectivity index is 1.97. The Labute approximate surface area is 147 Å². The van der Waals surface area contributed by atoms with Gasteiger partial charge in [-0.05, 0) is 17.7 Å². The highest BCUT2D eigenvalue weighted by Crippen LogP contribution is 2.30. The molecule has 6 nitrogen and oxygen atoms in total. The summed E-state index contributed by atoms with van der Waals surface area (Å²) in [6.45, 7) is 0. The van der Waals surface area contributed by atoms with Gasteiger partial charge in [0.2, 0.25) is 0 Å². The highest BCUT2D eigenvalue weighted by molar-refractivity contribution is 7.11. The quantitative estimate of drug-likeness (QED) is 0.425. The molecular weight excluding hydrogens is 338 g/mol. The minimum absolute atomic E-state index is 0.298. The van der Waals surface area contributed by atoms with Crippen LogP contribution >= 0.6 is 11.3 Å². The molecule has 3 aromatic rings. The van der Waals surface area contributed by atoms with E-state index in [0.717, 1.165) is 11.3 Å². The Morgan fingerprint density at radius 1 is 1.28 bits per heavy atom. The molecule has 0 radical (unpaired) electrons. The van der Waals surface area contributed by atoms with E-state index in [9.17, 15) is 20.5 Å². The number of hydrogen-bond donors (Lipinski definition) is 1. The average molecular weight is 349 g/mol. The summed E-state index contributed by atoms with van der Waals surface area (Å²) in [7, 11) is 0. The summed E-state index contributed by atoms with van der Waals surface area (Å²) < 4.78 is 0. The highest BCUT2D eigenvalue weighted by Gasteiger charge is 2.14. The fourth-order valence-electron chi connectivity index (χ4n) is 2.22. The summed E-state index contributed by atoms with van der Waals surface area (Å²) in [5.41, 5.74) is 2.04. The molecule has 0 aliphatic rings. The fraction of sp³-hybridized carbons (Fsp3) is 0. The molecule has 0 atom stereocenters. The van der Waals surface area contributed by atoms with Crippen LogP contribution in [-0.2, 0) is 0 Å². The van der Waals surface area contributed by atoms with Gasteiger partial charge in [0.05, 0.1) is 16.2 Å². The van der Waals surface area contributed by atoms with Crippen LogP contribution in [0.15, 0.2) is 53.9 Å².